The lowest BCUT2D eigenvalue weighted by Crippen LogP contribution is -2.30. The minimum atomic E-state index is -3.91. The lowest BCUT2D eigenvalue weighted by Gasteiger charge is -2.25. The lowest BCUT2D eigenvalue weighted by atomic mass is 9.78. The van der Waals surface area contributed by atoms with Gasteiger partial charge in [0, 0.05) is 19.0 Å². The van der Waals surface area contributed by atoms with E-state index < -0.39 is 10.0 Å². The summed E-state index contributed by atoms with van der Waals surface area (Å²) in [5.74, 6) is 0.257. The van der Waals surface area contributed by atoms with Crippen LogP contribution in [0.15, 0.2) is 53.4 Å². The van der Waals surface area contributed by atoms with Crippen LogP contribution in [-0.4, -0.2) is 39.4 Å². The van der Waals surface area contributed by atoms with Crippen molar-refractivity contribution in [2.24, 2.45) is 10.6 Å². The number of rotatable bonds is 4. The Labute approximate surface area is 160 Å². The Morgan fingerprint density at radius 1 is 1.19 bits per heavy atom. The highest BCUT2D eigenvalue weighted by atomic mass is 32.2. The van der Waals surface area contributed by atoms with Crippen molar-refractivity contribution in [1.82, 2.24) is 4.90 Å². The van der Waals surface area contributed by atoms with Gasteiger partial charge < -0.3 is 9.64 Å². The molecule has 27 heavy (non-hydrogen) atoms. The number of methoxy groups -OCH3 is 1. The summed E-state index contributed by atoms with van der Waals surface area (Å²) in [6.45, 7) is 5.39. The highest BCUT2D eigenvalue weighted by Gasteiger charge is 2.42. The number of nitrogens with two attached hydrogens (primary N) is 1. The monoisotopic (exact) mass is 388 g/mol. The van der Waals surface area contributed by atoms with Crippen molar-refractivity contribution in [2.75, 3.05) is 20.2 Å². The third kappa shape index (κ3) is 3.84. The second-order valence-electron chi connectivity index (χ2n) is 7.54. The molecule has 2 N–H and O–H groups in total. The normalized spacial score (nSPS) is 19.1. The molecule has 1 unspecified atom stereocenters. The molecular weight excluding hydrogens is 364 g/mol. The van der Waals surface area contributed by atoms with Gasteiger partial charge in [0.1, 0.15) is 5.75 Å². The highest BCUT2D eigenvalue weighted by Crippen LogP contribution is 2.43. The quantitative estimate of drug-likeness (QED) is 0.872. The summed E-state index contributed by atoms with van der Waals surface area (Å²) in [6.07, 6.45) is 0. The van der Waals surface area contributed by atoms with Crippen molar-refractivity contribution < 1.29 is 17.9 Å². The number of hydrogen-bond donors (Lipinski definition) is 1. The van der Waals surface area contributed by atoms with Gasteiger partial charge >= 0.3 is 0 Å². The second kappa shape index (κ2) is 6.98. The van der Waals surface area contributed by atoms with Crippen LogP contribution in [0.1, 0.15) is 35.7 Å². The fraction of sp³-hybridized carbons (Fsp3) is 0.350. The predicted octanol–water partition coefficient (Wildman–Crippen LogP) is 2.61. The molecule has 1 heterocycles. The largest absolute Gasteiger partial charge is 0.496 e. The van der Waals surface area contributed by atoms with Gasteiger partial charge in [-0.3, -0.25) is 4.79 Å². The molecule has 0 saturated carbocycles. The third-order valence-electron chi connectivity index (χ3n) is 5.16. The number of nitrogens with zero attached hydrogens (tertiary/aromatic N) is 1. The third-order valence-corrected chi connectivity index (χ3v) is 6.07. The van der Waals surface area contributed by atoms with Crippen molar-refractivity contribution >= 4 is 15.9 Å². The Morgan fingerprint density at radius 2 is 1.85 bits per heavy atom. The molecule has 1 atom stereocenters. The first kappa shape index (κ1) is 19.4. The van der Waals surface area contributed by atoms with Crippen LogP contribution >= 0.6 is 0 Å². The Balaban J connectivity index is 1.95. The van der Waals surface area contributed by atoms with Gasteiger partial charge in [0.05, 0.1) is 17.6 Å². The molecule has 0 bridgehead atoms. The zero-order valence-electron chi connectivity index (χ0n) is 15.7. The number of amides is 1. The average molecular weight is 388 g/mol. The fourth-order valence-corrected chi connectivity index (χ4v) is 4.27. The van der Waals surface area contributed by atoms with Crippen LogP contribution in [0.3, 0.4) is 0 Å². The van der Waals surface area contributed by atoms with E-state index in [2.05, 4.69) is 26.0 Å². The van der Waals surface area contributed by atoms with E-state index in [1.54, 1.807) is 4.90 Å². The topological polar surface area (TPSA) is 89.7 Å². The van der Waals surface area contributed by atoms with Crippen molar-refractivity contribution in [3.05, 3.63) is 59.7 Å². The van der Waals surface area contributed by atoms with Crippen LogP contribution in [0.5, 0.6) is 5.75 Å². The van der Waals surface area contributed by atoms with E-state index in [0.29, 0.717) is 18.8 Å². The summed E-state index contributed by atoms with van der Waals surface area (Å²) in [5, 5.41) is 5.22. The Kier molecular flexibility index (Phi) is 5.01. The molecule has 3 rings (SSSR count). The molecule has 6 nitrogen and oxygen atoms in total. The van der Waals surface area contributed by atoms with Crippen molar-refractivity contribution in [2.45, 2.75) is 24.7 Å². The minimum Gasteiger partial charge on any atom is -0.496 e. The SMILES string of the molecule is COc1ccc(S(N)(=O)=O)cc1C(=O)N1CC(c2ccccc2)C(C)(C)C1. The first-order chi connectivity index (χ1) is 12.6. The summed E-state index contributed by atoms with van der Waals surface area (Å²) in [7, 11) is -2.46. The summed E-state index contributed by atoms with van der Waals surface area (Å²) in [6, 6.07) is 14.2. The molecule has 1 saturated heterocycles. The summed E-state index contributed by atoms with van der Waals surface area (Å²) >= 11 is 0. The van der Waals surface area contributed by atoms with E-state index in [0.717, 1.165) is 0 Å². The standard InChI is InChI=1S/C20H24N2O4S/c1-20(2)13-22(12-17(20)14-7-5-4-6-8-14)19(23)16-11-15(27(21,24)25)9-10-18(16)26-3/h4-11,17H,12-13H2,1-3H3,(H2,21,24,25). The first-order valence-corrected chi connectivity index (χ1v) is 10.2. The molecule has 1 aliphatic heterocycles. The molecule has 144 valence electrons. The summed E-state index contributed by atoms with van der Waals surface area (Å²) < 4.78 is 28.6. The van der Waals surface area contributed by atoms with E-state index in [-0.39, 0.29) is 27.7 Å². The molecule has 1 amide bonds. The number of benzene rings is 2. The molecule has 0 spiro atoms. The van der Waals surface area contributed by atoms with Crippen LogP contribution in [0.4, 0.5) is 0 Å². The lowest BCUT2D eigenvalue weighted by molar-refractivity contribution is 0.0774. The maximum atomic E-state index is 13.2. The average Bonchev–Trinajstić information content (AvgIpc) is 2.95. The van der Waals surface area contributed by atoms with Gasteiger partial charge in [-0.25, -0.2) is 13.6 Å². The van der Waals surface area contributed by atoms with Crippen molar-refractivity contribution in [3.63, 3.8) is 0 Å². The van der Waals surface area contributed by atoms with Gasteiger partial charge in [-0.15, -0.1) is 0 Å². The van der Waals surface area contributed by atoms with E-state index in [1.165, 1.54) is 30.9 Å². The van der Waals surface area contributed by atoms with Crippen molar-refractivity contribution in [1.29, 1.82) is 0 Å². The van der Waals surface area contributed by atoms with Crippen LogP contribution in [0.25, 0.3) is 0 Å². The number of sulfonamides is 1. The number of ether oxygens (including phenoxy) is 1. The molecule has 2 aromatic rings. The van der Waals surface area contributed by atoms with Crippen LogP contribution < -0.4 is 9.88 Å². The van der Waals surface area contributed by atoms with Gasteiger partial charge in [-0.1, -0.05) is 44.2 Å². The van der Waals surface area contributed by atoms with E-state index in [9.17, 15) is 13.2 Å². The number of likely N-dealkylation sites (tertiary alicyclic amines) is 1. The number of carbonyl (C=O) groups excluding carboxylic acids is 1. The molecule has 0 radical (unpaired) electrons. The summed E-state index contributed by atoms with van der Waals surface area (Å²) in [4.78, 5) is 14.8. The highest BCUT2D eigenvalue weighted by molar-refractivity contribution is 7.89. The number of hydrogen-bond acceptors (Lipinski definition) is 4. The minimum absolute atomic E-state index is 0.107. The molecular formula is C20H24N2O4S. The Morgan fingerprint density at radius 3 is 2.44 bits per heavy atom. The molecule has 7 heteroatoms. The van der Waals surface area contributed by atoms with Crippen molar-refractivity contribution in [3.8, 4) is 5.75 Å². The second-order valence-corrected chi connectivity index (χ2v) is 9.11. The molecule has 0 aliphatic carbocycles. The number of primary sulfonamides is 1. The smallest absolute Gasteiger partial charge is 0.257 e. The fourth-order valence-electron chi connectivity index (χ4n) is 3.73. The Hall–Kier alpha value is -2.38. The molecule has 0 aromatic heterocycles. The van der Waals surface area contributed by atoms with Gasteiger partial charge in [0.15, 0.2) is 0 Å². The van der Waals surface area contributed by atoms with E-state index in [4.69, 9.17) is 9.88 Å². The molecule has 1 aliphatic rings. The van der Waals surface area contributed by atoms with Gasteiger partial charge in [0.25, 0.3) is 5.91 Å². The van der Waals surface area contributed by atoms with E-state index >= 15 is 0 Å². The first-order valence-electron chi connectivity index (χ1n) is 8.68. The van der Waals surface area contributed by atoms with Gasteiger partial charge in [-0.2, -0.15) is 0 Å². The van der Waals surface area contributed by atoms with Crippen LogP contribution in [-0.2, 0) is 10.0 Å². The molecule has 2 aromatic carbocycles. The van der Waals surface area contributed by atoms with Gasteiger partial charge in [0.2, 0.25) is 10.0 Å². The zero-order valence-corrected chi connectivity index (χ0v) is 16.5. The maximum Gasteiger partial charge on any atom is 0.257 e. The zero-order chi connectivity index (χ0) is 19.8. The van der Waals surface area contributed by atoms with Crippen LogP contribution in [0, 0.1) is 5.41 Å². The maximum absolute atomic E-state index is 13.2. The Bertz CT molecular complexity index is 955. The van der Waals surface area contributed by atoms with Crippen LogP contribution in [0.2, 0.25) is 0 Å². The van der Waals surface area contributed by atoms with E-state index in [1.807, 2.05) is 18.2 Å². The molecule has 1 fully saturated rings. The van der Waals surface area contributed by atoms with Gasteiger partial charge in [-0.05, 0) is 29.2 Å². The number of carbonyl (C=O) groups is 1. The summed E-state index contributed by atoms with van der Waals surface area (Å²) in [5.41, 5.74) is 1.28. The predicted molar refractivity (Wildman–Crippen MR) is 103 cm³/mol.